The molecule has 1 aromatic heterocycles. The number of carbonyl (C=O) groups excluding carboxylic acids is 1. The number of nitrogens with zero attached hydrogens (tertiary/aromatic N) is 1. The van der Waals surface area contributed by atoms with Crippen molar-refractivity contribution < 1.29 is 14.6 Å². The van der Waals surface area contributed by atoms with E-state index in [4.69, 9.17) is 4.74 Å². The average Bonchev–Trinajstić information content (AvgIpc) is 2.54. The van der Waals surface area contributed by atoms with Crippen LogP contribution in [0.1, 0.15) is 10.4 Å². The van der Waals surface area contributed by atoms with Crippen molar-refractivity contribution in [2.24, 2.45) is 0 Å². The van der Waals surface area contributed by atoms with Crippen molar-refractivity contribution in [2.75, 3.05) is 12.4 Å². The molecule has 5 nitrogen and oxygen atoms in total. The fraction of sp³-hybridized carbons (Fsp3) is 0.0588. The number of benzene rings is 2. The smallest absolute Gasteiger partial charge is 0.263 e. The van der Waals surface area contributed by atoms with Gasteiger partial charge in [0.2, 0.25) is 0 Å². The number of methoxy groups -OCH3 is 1. The molecule has 1 heterocycles. The summed E-state index contributed by atoms with van der Waals surface area (Å²) < 4.78 is 5.14. The highest BCUT2D eigenvalue weighted by atomic mass is 16.5. The van der Waals surface area contributed by atoms with Gasteiger partial charge in [0.05, 0.1) is 18.3 Å². The predicted molar refractivity (Wildman–Crippen MR) is 84.4 cm³/mol. The molecule has 0 atom stereocenters. The molecule has 0 unspecified atom stereocenters. The number of rotatable bonds is 3. The summed E-state index contributed by atoms with van der Waals surface area (Å²) in [6.07, 6.45) is 1.67. The fourth-order valence-electron chi connectivity index (χ4n) is 2.31. The summed E-state index contributed by atoms with van der Waals surface area (Å²) in [5, 5.41) is 13.6. The van der Waals surface area contributed by atoms with Crippen molar-refractivity contribution in [3.63, 3.8) is 0 Å². The minimum Gasteiger partial charge on any atom is -0.507 e. The summed E-state index contributed by atoms with van der Waals surface area (Å²) in [6.45, 7) is 0. The van der Waals surface area contributed by atoms with Crippen LogP contribution >= 0.6 is 0 Å². The first-order valence-corrected chi connectivity index (χ1v) is 6.72. The van der Waals surface area contributed by atoms with Crippen LogP contribution in [-0.4, -0.2) is 23.1 Å². The van der Waals surface area contributed by atoms with Crippen LogP contribution in [0.3, 0.4) is 0 Å². The summed E-state index contributed by atoms with van der Waals surface area (Å²) >= 11 is 0. The van der Waals surface area contributed by atoms with E-state index in [9.17, 15) is 9.90 Å². The standard InChI is InChI=1S/C17H14N2O3/c1-22-14-9-3-8-13(20)15(14)17(21)19-12-7-2-5-11-6-4-10-18-16(11)12/h2-10,20H,1H3,(H,19,21). The lowest BCUT2D eigenvalue weighted by Gasteiger charge is -2.11. The minimum absolute atomic E-state index is 0.0953. The molecule has 0 aliphatic rings. The van der Waals surface area contributed by atoms with Crippen LogP contribution in [0.2, 0.25) is 0 Å². The third-order valence-corrected chi connectivity index (χ3v) is 3.33. The molecule has 110 valence electrons. The molecule has 1 amide bonds. The molecule has 3 aromatic rings. The van der Waals surface area contributed by atoms with Gasteiger partial charge in [0.25, 0.3) is 5.91 Å². The second-order valence-corrected chi connectivity index (χ2v) is 4.69. The van der Waals surface area contributed by atoms with E-state index in [0.717, 1.165) is 5.39 Å². The molecular weight excluding hydrogens is 280 g/mol. The molecule has 3 rings (SSSR count). The molecule has 0 aliphatic heterocycles. The number of hydrogen-bond acceptors (Lipinski definition) is 4. The Morgan fingerprint density at radius 3 is 2.73 bits per heavy atom. The highest BCUT2D eigenvalue weighted by Crippen LogP contribution is 2.29. The Morgan fingerprint density at radius 2 is 1.91 bits per heavy atom. The first kappa shape index (κ1) is 13.9. The molecule has 0 bridgehead atoms. The van der Waals surface area contributed by atoms with Gasteiger partial charge in [0.1, 0.15) is 17.1 Å². The van der Waals surface area contributed by atoms with Gasteiger partial charge in [-0.1, -0.05) is 24.3 Å². The number of phenolic OH excluding ortho intramolecular Hbond substituents is 1. The van der Waals surface area contributed by atoms with Crippen LogP contribution in [0.25, 0.3) is 10.9 Å². The van der Waals surface area contributed by atoms with Gasteiger partial charge < -0.3 is 15.2 Å². The van der Waals surface area contributed by atoms with E-state index in [1.807, 2.05) is 24.3 Å². The molecule has 0 saturated carbocycles. The Hall–Kier alpha value is -3.08. The summed E-state index contributed by atoms with van der Waals surface area (Å²) in [5.41, 5.74) is 1.36. The van der Waals surface area contributed by atoms with Crippen LogP contribution in [0, 0.1) is 0 Å². The molecule has 0 aliphatic carbocycles. The number of fused-ring (bicyclic) bond motifs is 1. The van der Waals surface area contributed by atoms with E-state index < -0.39 is 5.91 Å². The van der Waals surface area contributed by atoms with Gasteiger partial charge in [-0.15, -0.1) is 0 Å². The Bertz CT molecular complexity index is 841. The number of nitrogens with one attached hydrogen (secondary N) is 1. The zero-order valence-electron chi connectivity index (χ0n) is 11.9. The van der Waals surface area contributed by atoms with Gasteiger partial charge in [0, 0.05) is 11.6 Å². The molecule has 0 saturated heterocycles. The van der Waals surface area contributed by atoms with Crippen molar-refractivity contribution in [3.05, 3.63) is 60.3 Å². The number of phenols is 1. The van der Waals surface area contributed by atoms with E-state index in [1.54, 1.807) is 24.4 Å². The predicted octanol–water partition coefficient (Wildman–Crippen LogP) is 3.20. The number of aromatic hydroxyl groups is 1. The third kappa shape index (κ3) is 2.44. The van der Waals surface area contributed by atoms with Crippen LogP contribution in [-0.2, 0) is 0 Å². The molecule has 22 heavy (non-hydrogen) atoms. The van der Waals surface area contributed by atoms with Crippen molar-refractivity contribution in [1.29, 1.82) is 0 Å². The van der Waals surface area contributed by atoms with E-state index in [0.29, 0.717) is 17.0 Å². The van der Waals surface area contributed by atoms with Crippen molar-refractivity contribution in [1.82, 2.24) is 4.98 Å². The maximum absolute atomic E-state index is 12.5. The molecule has 0 fully saturated rings. The number of carbonyl (C=O) groups is 1. The number of ether oxygens (including phenoxy) is 1. The molecule has 5 heteroatoms. The van der Waals surface area contributed by atoms with Crippen LogP contribution in [0.5, 0.6) is 11.5 Å². The molecular formula is C17H14N2O3. The zero-order valence-corrected chi connectivity index (χ0v) is 11.9. The first-order valence-electron chi connectivity index (χ1n) is 6.72. The average molecular weight is 294 g/mol. The van der Waals surface area contributed by atoms with Gasteiger partial charge >= 0.3 is 0 Å². The number of anilines is 1. The number of pyridine rings is 1. The fourth-order valence-corrected chi connectivity index (χ4v) is 2.31. The zero-order chi connectivity index (χ0) is 15.5. The molecule has 0 spiro atoms. The van der Waals surface area contributed by atoms with E-state index >= 15 is 0 Å². The Morgan fingerprint density at radius 1 is 1.14 bits per heavy atom. The monoisotopic (exact) mass is 294 g/mol. The van der Waals surface area contributed by atoms with Crippen molar-refractivity contribution in [3.8, 4) is 11.5 Å². The Labute approximate surface area is 127 Å². The lowest BCUT2D eigenvalue weighted by atomic mass is 10.1. The largest absolute Gasteiger partial charge is 0.507 e. The normalized spacial score (nSPS) is 10.4. The minimum atomic E-state index is -0.451. The maximum Gasteiger partial charge on any atom is 0.263 e. The number of hydrogen-bond donors (Lipinski definition) is 2. The summed E-state index contributed by atoms with van der Waals surface area (Å²) in [5.74, 6) is -0.274. The second kappa shape index (κ2) is 5.73. The van der Waals surface area contributed by atoms with Crippen molar-refractivity contribution in [2.45, 2.75) is 0 Å². The first-order chi connectivity index (χ1) is 10.7. The molecule has 2 aromatic carbocycles. The summed E-state index contributed by atoms with van der Waals surface area (Å²) in [7, 11) is 1.45. The number of aromatic nitrogens is 1. The second-order valence-electron chi connectivity index (χ2n) is 4.69. The Kier molecular flexibility index (Phi) is 3.62. The van der Waals surface area contributed by atoms with Gasteiger partial charge in [-0.05, 0) is 24.3 Å². The van der Waals surface area contributed by atoms with Gasteiger partial charge in [-0.25, -0.2) is 0 Å². The van der Waals surface area contributed by atoms with Crippen LogP contribution in [0.15, 0.2) is 54.7 Å². The molecule has 2 N–H and O–H groups in total. The number of amides is 1. The van der Waals surface area contributed by atoms with E-state index in [1.165, 1.54) is 13.2 Å². The third-order valence-electron chi connectivity index (χ3n) is 3.33. The van der Waals surface area contributed by atoms with Gasteiger partial charge in [0.15, 0.2) is 0 Å². The van der Waals surface area contributed by atoms with E-state index in [-0.39, 0.29) is 11.3 Å². The van der Waals surface area contributed by atoms with E-state index in [2.05, 4.69) is 10.3 Å². The highest BCUT2D eigenvalue weighted by Gasteiger charge is 2.18. The van der Waals surface area contributed by atoms with Gasteiger partial charge in [-0.3, -0.25) is 9.78 Å². The SMILES string of the molecule is COc1cccc(O)c1C(=O)Nc1cccc2cccnc12. The maximum atomic E-state index is 12.5. The Balaban J connectivity index is 2.01. The topological polar surface area (TPSA) is 71.5 Å². The lowest BCUT2D eigenvalue weighted by molar-refractivity contribution is 0.102. The summed E-state index contributed by atoms with van der Waals surface area (Å²) in [4.78, 5) is 16.8. The number of para-hydroxylation sites is 1. The van der Waals surface area contributed by atoms with Crippen LogP contribution < -0.4 is 10.1 Å². The van der Waals surface area contributed by atoms with Crippen LogP contribution in [0.4, 0.5) is 5.69 Å². The molecule has 0 radical (unpaired) electrons. The summed E-state index contributed by atoms with van der Waals surface area (Å²) in [6, 6.07) is 13.9. The van der Waals surface area contributed by atoms with Crippen molar-refractivity contribution >= 4 is 22.5 Å². The highest BCUT2D eigenvalue weighted by molar-refractivity contribution is 6.11. The van der Waals surface area contributed by atoms with Gasteiger partial charge in [-0.2, -0.15) is 0 Å². The quantitative estimate of drug-likeness (QED) is 0.778. The lowest BCUT2D eigenvalue weighted by Crippen LogP contribution is -2.14.